The van der Waals surface area contributed by atoms with Gasteiger partial charge >= 0.3 is 0 Å². The van der Waals surface area contributed by atoms with Crippen LogP contribution in [0.2, 0.25) is 0 Å². The fraction of sp³-hybridized carbons (Fsp3) is 0.938. The smallest absolute Gasteiger partial charge is 0.224 e. The highest BCUT2D eigenvalue weighted by Gasteiger charge is 2.28. The largest absolute Gasteiger partial charge is 0.353 e. The molecule has 3 saturated heterocycles. The number of carbonyl (C=O) groups excluding carboxylic acids is 1. The summed E-state index contributed by atoms with van der Waals surface area (Å²) in [5, 5.41) is 6.63. The van der Waals surface area contributed by atoms with Crippen molar-refractivity contribution in [3.63, 3.8) is 0 Å². The number of thioether (sulfide) groups is 1. The molecule has 0 aromatic rings. The van der Waals surface area contributed by atoms with Crippen LogP contribution >= 0.6 is 36.6 Å². The molecular weight excluding hydrogens is 353 g/mol. The Morgan fingerprint density at radius 2 is 1.74 bits per heavy atom. The Hall–Kier alpha value is 0.320. The fourth-order valence-electron chi connectivity index (χ4n) is 3.85. The van der Waals surface area contributed by atoms with Gasteiger partial charge in [-0.05, 0) is 56.6 Å². The van der Waals surface area contributed by atoms with Crippen molar-refractivity contribution in [3.05, 3.63) is 0 Å². The molecule has 1 amide bonds. The summed E-state index contributed by atoms with van der Waals surface area (Å²) in [6, 6.07) is 1.22. The lowest BCUT2D eigenvalue weighted by Gasteiger charge is -2.39. The maximum atomic E-state index is 12.3. The number of hydrogen-bond donors (Lipinski definition) is 2. The molecule has 7 heteroatoms. The molecule has 0 aromatic carbocycles. The van der Waals surface area contributed by atoms with E-state index in [0.29, 0.717) is 6.04 Å². The third-order valence-corrected chi connectivity index (χ3v) is 6.30. The van der Waals surface area contributed by atoms with Crippen LogP contribution in [0.5, 0.6) is 0 Å². The molecule has 3 rings (SSSR count). The lowest BCUT2D eigenvalue weighted by Crippen LogP contribution is -2.51. The second kappa shape index (κ2) is 11.0. The number of carbonyl (C=O) groups is 1. The number of amides is 1. The molecule has 3 heterocycles. The zero-order chi connectivity index (χ0) is 14.5. The first kappa shape index (κ1) is 21.4. The maximum Gasteiger partial charge on any atom is 0.224 e. The Morgan fingerprint density at radius 3 is 2.35 bits per heavy atom. The molecule has 3 aliphatic heterocycles. The molecule has 3 aliphatic rings. The van der Waals surface area contributed by atoms with Crippen molar-refractivity contribution in [3.8, 4) is 0 Å². The number of hydrogen-bond acceptors (Lipinski definition) is 4. The number of nitrogens with zero attached hydrogens (tertiary/aromatic N) is 1. The normalized spacial score (nSPS) is 27.6. The van der Waals surface area contributed by atoms with Gasteiger partial charge in [-0.3, -0.25) is 4.79 Å². The Bertz CT molecular complexity index is 342. The molecule has 0 bridgehead atoms. The average Bonchev–Trinajstić information content (AvgIpc) is 2.57. The third kappa shape index (κ3) is 6.28. The van der Waals surface area contributed by atoms with Crippen LogP contribution < -0.4 is 10.6 Å². The highest BCUT2D eigenvalue weighted by Crippen LogP contribution is 2.24. The van der Waals surface area contributed by atoms with E-state index in [-0.39, 0.29) is 36.6 Å². The summed E-state index contributed by atoms with van der Waals surface area (Å²) < 4.78 is 0. The highest BCUT2D eigenvalue weighted by molar-refractivity contribution is 7.99. The van der Waals surface area contributed by atoms with Gasteiger partial charge in [-0.15, -0.1) is 24.8 Å². The zero-order valence-electron chi connectivity index (χ0n) is 13.8. The van der Waals surface area contributed by atoms with Gasteiger partial charge in [0.2, 0.25) is 5.91 Å². The standard InChI is InChI=1S/C16H29N3OS.2ClH/c20-16(13-2-1-7-17-12-13)18-14-3-8-19(9-4-14)15-5-10-21-11-6-15;;/h13-15,17H,1-12H2,(H,18,20);2*1H. The van der Waals surface area contributed by atoms with Gasteiger partial charge in [0.1, 0.15) is 0 Å². The van der Waals surface area contributed by atoms with Crippen LogP contribution in [0.15, 0.2) is 0 Å². The Kier molecular flexibility index (Phi) is 10.3. The molecule has 2 N–H and O–H groups in total. The summed E-state index contributed by atoms with van der Waals surface area (Å²) >= 11 is 2.10. The van der Waals surface area contributed by atoms with Crippen LogP contribution in [0.1, 0.15) is 38.5 Å². The molecule has 4 nitrogen and oxygen atoms in total. The van der Waals surface area contributed by atoms with Gasteiger partial charge in [-0.25, -0.2) is 0 Å². The number of rotatable bonds is 3. The van der Waals surface area contributed by atoms with E-state index in [4.69, 9.17) is 0 Å². The molecule has 3 fully saturated rings. The average molecular weight is 384 g/mol. The summed E-state index contributed by atoms with van der Waals surface area (Å²) in [4.78, 5) is 15.0. The number of halogens is 2. The van der Waals surface area contributed by atoms with Gasteiger partial charge in [-0.2, -0.15) is 11.8 Å². The van der Waals surface area contributed by atoms with E-state index in [0.717, 1.165) is 44.8 Å². The van der Waals surface area contributed by atoms with E-state index in [1.54, 1.807) is 0 Å². The first-order valence-corrected chi connectivity index (χ1v) is 9.81. The summed E-state index contributed by atoms with van der Waals surface area (Å²) in [7, 11) is 0. The van der Waals surface area contributed by atoms with Gasteiger partial charge in [0.15, 0.2) is 0 Å². The molecule has 0 aromatic heterocycles. The van der Waals surface area contributed by atoms with Gasteiger partial charge in [0.25, 0.3) is 0 Å². The minimum Gasteiger partial charge on any atom is -0.353 e. The van der Waals surface area contributed by atoms with Gasteiger partial charge < -0.3 is 15.5 Å². The SMILES string of the molecule is Cl.Cl.O=C(NC1CCN(C2CCSCC2)CC1)C1CCCNC1. The number of nitrogens with one attached hydrogen (secondary N) is 2. The van der Waals surface area contributed by atoms with Crippen molar-refractivity contribution in [2.45, 2.75) is 50.6 Å². The third-order valence-electron chi connectivity index (χ3n) is 5.25. The monoisotopic (exact) mass is 383 g/mol. The topological polar surface area (TPSA) is 44.4 Å². The van der Waals surface area contributed by atoms with Crippen molar-refractivity contribution in [1.29, 1.82) is 0 Å². The van der Waals surface area contributed by atoms with E-state index in [9.17, 15) is 4.79 Å². The van der Waals surface area contributed by atoms with Gasteiger partial charge in [0, 0.05) is 31.7 Å². The Morgan fingerprint density at radius 1 is 1.04 bits per heavy atom. The van der Waals surface area contributed by atoms with Crippen LogP contribution in [0.3, 0.4) is 0 Å². The lowest BCUT2D eigenvalue weighted by molar-refractivity contribution is -0.126. The van der Waals surface area contributed by atoms with Crippen molar-refractivity contribution < 1.29 is 4.79 Å². The van der Waals surface area contributed by atoms with Crippen LogP contribution in [0, 0.1) is 5.92 Å². The van der Waals surface area contributed by atoms with Crippen molar-refractivity contribution in [2.75, 3.05) is 37.7 Å². The minimum atomic E-state index is 0. The first-order valence-electron chi connectivity index (χ1n) is 8.66. The van der Waals surface area contributed by atoms with Gasteiger partial charge in [-0.1, -0.05) is 0 Å². The molecule has 0 aliphatic carbocycles. The fourth-order valence-corrected chi connectivity index (χ4v) is 4.94. The molecular formula is C16H31Cl2N3OS. The van der Waals surface area contributed by atoms with E-state index < -0.39 is 0 Å². The van der Waals surface area contributed by atoms with Crippen LogP contribution in [0.4, 0.5) is 0 Å². The second-order valence-corrected chi connectivity index (χ2v) is 7.93. The molecule has 136 valence electrons. The summed E-state index contributed by atoms with van der Waals surface area (Å²) in [5.41, 5.74) is 0. The van der Waals surface area contributed by atoms with Crippen LogP contribution in [-0.4, -0.2) is 60.6 Å². The maximum absolute atomic E-state index is 12.3. The molecule has 1 unspecified atom stereocenters. The Labute approximate surface area is 157 Å². The van der Waals surface area contributed by atoms with Crippen molar-refractivity contribution in [1.82, 2.24) is 15.5 Å². The molecule has 1 atom stereocenters. The molecule has 0 spiro atoms. The summed E-state index contributed by atoms with van der Waals surface area (Å²) in [5.74, 6) is 3.15. The molecule has 0 saturated carbocycles. The number of piperidine rings is 2. The predicted octanol–water partition coefficient (Wildman–Crippen LogP) is 2.31. The van der Waals surface area contributed by atoms with Crippen LogP contribution in [-0.2, 0) is 4.79 Å². The van der Waals surface area contributed by atoms with Crippen molar-refractivity contribution >= 4 is 42.5 Å². The number of likely N-dealkylation sites (tertiary alicyclic amines) is 1. The van der Waals surface area contributed by atoms with E-state index >= 15 is 0 Å². The van der Waals surface area contributed by atoms with E-state index in [1.165, 1.54) is 37.4 Å². The second-order valence-electron chi connectivity index (χ2n) is 6.71. The highest BCUT2D eigenvalue weighted by atomic mass is 35.5. The van der Waals surface area contributed by atoms with Crippen LogP contribution in [0.25, 0.3) is 0 Å². The minimum absolute atomic E-state index is 0. The van der Waals surface area contributed by atoms with E-state index in [2.05, 4.69) is 27.3 Å². The summed E-state index contributed by atoms with van der Waals surface area (Å²) in [6.07, 6.45) is 7.17. The predicted molar refractivity (Wildman–Crippen MR) is 103 cm³/mol. The lowest BCUT2D eigenvalue weighted by atomic mass is 9.96. The van der Waals surface area contributed by atoms with Crippen molar-refractivity contribution in [2.24, 2.45) is 5.92 Å². The quantitative estimate of drug-likeness (QED) is 0.784. The Balaban J connectivity index is 0.00000132. The first-order chi connectivity index (χ1) is 10.3. The summed E-state index contributed by atoms with van der Waals surface area (Å²) in [6.45, 7) is 4.28. The zero-order valence-corrected chi connectivity index (χ0v) is 16.2. The van der Waals surface area contributed by atoms with E-state index in [1.807, 2.05) is 0 Å². The molecule has 23 heavy (non-hydrogen) atoms. The van der Waals surface area contributed by atoms with Gasteiger partial charge in [0.05, 0.1) is 5.92 Å². The molecule has 0 radical (unpaired) electrons.